The lowest BCUT2D eigenvalue weighted by molar-refractivity contribution is -0.128. The lowest BCUT2D eigenvalue weighted by atomic mass is 9.70. The molecule has 1 aliphatic heterocycles. The van der Waals surface area contributed by atoms with E-state index >= 15 is 0 Å². The van der Waals surface area contributed by atoms with Crippen molar-refractivity contribution in [2.45, 2.75) is 44.8 Å². The molecule has 0 N–H and O–H groups in total. The van der Waals surface area contributed by atoms with E-state index in [1.54, 1.807) is 28.2 Å². The van der Waals surface area contributed by atoms with E-state index in [1.807, 2.05) is 6.07 Å². The molecule has 4 nitrogen and oxygen atoms in total. The van der Waals surface area contributed by atoms with Crippen LogP contribution in [-0.2, 0) is 14.8 Å². The first-order chi connectivity index (χ1) is 13.2. The van der Waals surface area contributed by atoms with Crippen LogP contribution in [0.5, 0.6) is 0 Å². The summed E-state index contributed by atoms with van der Waals surface area (Å²) >= 11 is 1.61. The molecule has 0 amide bonds. The van der Waals surface area contributed by atoms with Crippen molar-refractivity contribution >= 4 is 27.6 Å². The minimum absolute atomic E-state index is 0.0417. The molecule has 28 heavy (non-hydrogen) atoms. The number of rotatable bonds is 4. The molecule has 1 aromatic carbocycles. The average molecular weight is 426 g/mol. The number of fused-ring (bicyclic) bond motifs is 2. The molecule has 2 aliphatic carbocycles. The fourth-order valence-electron chi connectivity index (χ4n) is 5.52. The van der Waals surface area contributed by atoms with Gasteiger partial charge in [0.25, 0.3) is 0 Å². The number of carbonyl (C=O) groups excluding carboxylic acids is 1. The molecule has 3 fully saturated rings. The van der Waals surface area contributed by atoms with E-state index in [0.717, 1.165) is 6.42 Å². The third-order valence-corrected chi connectivity index (χ3v) is 10.8. The second kappa shape index (κ2) is 7.10. The third-order valence-electron chi connectivity index (χ3n) is 7.51. The molecule has 0 spiro atoms. The highest BCUT2D eigenvalue weighted by Crippen LogP contribution is 2.64. The molecule has 1 aromatic rings. The van der Waals surface area contributed by atoms with E-state index < -0.39 is 15.4 Å². The Kier molecular flexibility index (Phi) is 5.16. The number of benzene rings is 1. The second-order valence-electron chi connectivity index (χ2n) is 8.99. The van der Waals surface area contributed by atoms with Crippen molar-refractivity contribution in [2.75, 3.05) is 24.6 Å². The number of ketones is 1. The summed E-state index contributed by atoms with van der Waals surface area (Å²) < 4.78 is 42.3. The van der Waals surface area contributed by atoms with Gasteiger partial charge in [-0.25, -0.2) is 17.1 Å². The van der Waals surface area contributed by atoms with Gasteiger partial charge < -0.3 is 0 Å². The largest absolute Gasteiger partial charge is 0.299 e. The summed E-state index contributed by atoms with van der Waals surface area (Å²) in [5.41, 5.74) is -0.343. The van der Waals surface area contributed by atoms with Gasteiger partial charge in [0.1, 0.15) is 11.6 Å². The van der Waals surface area contributed by atoms with Crippen LogP contribution in [0.2, 0.25) is 0 Å². The number of nitrogens with zero attached hydrogens (tertiary/aromatic N) is 1. The van der Waals surface area contributed by atoms with Crippen LogP contribution in [-0.4, -0.2) is 43.1 Å². The number of sulfonamides is 1. The Labute approximate surface area is 171 Å². The van der Waals surface area contributed by atoms with Gasteiger partial charge in [0.2, 0.25) is 10.0 Å². The van der Waals surface area contributed by atoms with Gasteiger partial charge in [0.05, 0.1) is 5.75 Å². The zero-order valence-corrected chi connectivity index (χ0v) is 18.1. The van der Waals surface area contributed by atoms with E-state index in [1.165, 1.54) is 6.07 Å². The van der Waals surface area contributed by atoms with E-state index in [9.17, 15) is 17.6 Å². The van der Waals surface area contributed by atoms with Crippen molar-refractivity contribution in [2.24, 2.45) is 16.7 Å². The number of Topliss-reactive ketones (excluding diaryl/α,β-unsaturated/α-hetero) is 1. The Morgan fingerprint density at radius 2 is 1.96 bits per heavy atom. The standard InChI is InChI=1S/C21H28FNO3S2/c1-20(2)15-7-9-21(20,19(24)13-15)14-28(25,26)23-10-8-18(27-12-11-23)16-5-3-4-6-17(16)22/h3-6,15,18H,7-14H2,1-2H3. The van der Waals surface area contributed by atoms with Gasteiger partial charge in [-0.1, -0.05) is 32.0 Å². The molecule has 1 heterocycles. The first-order valence-electron chi connectivity index (χ1n) is 10.0. The summed E-state index contributed by atoms with van der Waals surface area (Å²) in [5.74, 6) is 0.763. The Hall–Kier alpha value is -0.920. The van der Waals surface area contributed by atoms with Crippen LogP contribution < -0.4 is 0 Å². The third kappa shape index (κ3) is 3.14. The molecule has 2 saturated carbocycles. The van der Waals surface area contributed by atoms with Crippen molar-refractivity contribution in [1.82, 2.24) is 4.31 Å². The summed E-state index contributed by atoms with van der Waals surface area (Å²) in [5, 5.41) is -0.0417. The van der Waals surface area contributed by atoms with E-state index in [0.29, 0.717) is 49.6 Å². The van der Waals surface area contributed by atoms with Gasteiger partial charge in [0.15, 0.2) is 0 Å². The topological polar surface area (TPSA) is 54.5 Å². The number of hydrogen-bond acceptors (Lipinski definition) is 4. The molecule has 0 radical (unpaired) electrons. The summed E-state index contributed by atoms with van der Waals surface area (Å²) in [7, 11) is -3.55. The quantitative estimate of drug-likeness (QED) is 0.731. The van der Waals surface area contributed by atoms with Crippen molar-refractivity contribution in [3.8, 4) is 0 Å². The molecular weight excluding hydrogens is 397 g/mol. The van der Waals surface area contributed by atoms with E-state index in [4.69, 9.17) is 0 Å². The lowest BCUT2D eigenvalue weighted by Crippen LogP contribution is -2.47. The molecule has 4 rings (SSSR count). The predicted molar refractivity (Wildman–Crippen MR) is 110 cm³/mol. The molecule has 3 aliphatic rings. The molecular formula is C21H28FNO3S2. The van der Waals surface area contributed by atoms with E-state index in [2.05, 4.69) is 13.8 Å². The molecule has 0 aromatic heterocycles. The highest BCUT2D eigenvalue weighted by Gasteiger charge is 2.65. The van der Waals surface area contributed by atoms with Gasteiger partial charge in [-0.15, -0.1) is 0 Å². The van der Waals surface area contributed by atoms with Crippen molar-refractivity contribution in [1.29, 1.82) is 0 Å². The van der Waals surface area contributed by atoms with Crippen LogP contribution in [0.25, 0.3) is 0 Å². The number of carbonyl (C=O) groups is 1. The fraction of sp³-hybridized carbons (Fsp3) is 0.667. The van der Waals surface area contributed by atoms with Crippen molar-refractivity contribution < 1.29 is 17.6 Å². The van der Waals surface area contributed by atoms with Crippen LogP contribution in [0.1, 0.15) is 50.3 Å². The highest BCUT2D eigenvalue weighted by molar-refractivity contribution is 7.99. The SMILES string of the molecule is CC1(C)C2CCC1(CS(=O)(=O)N1CCSC(c3ccccc3F)CC1)C(=O)C2. The Morgan fingerprint density at radius 3 is 2.61 bits per heavy atom. The fourth-order valence-corrected chi connectivity index (χ4v) is 9.13. The Morgan fingerprint density at radius 1 is 1.21 bits per heavy atom. The summed E-state index contributed by atoms with van der Waals surface area (Å²) in [6, 6.07) is 6.74. The van der Waals surface area contributed by atoms with Crippen LogP contribution in [0.3, 0.4) is 0 Å². The molecule has 2 bridgehead atoms. The van der Waals surface area contributed by atoms with E-state index in [-0.39, 0.29) is 28.0 Å². The second-order valence-corrected chi connectivity index (χ2v) is 12.3. The van der Waals surface area contributed by atoms with Crippen molar-refractivity contribution in [3.63, 3.8) is 0 Å². The molecule has 154 valence electrons. The zero-order valence-electron chi connectivity index (χ0n) is 16.5. The summed E-state index contributed by atoms with van der Waals surface area (Å²) in [6.45, 7) is 4.93. The van der Waals surface area contributed by atoms with Crippen molar-refractivity contribution in [3.05, 3.63) is 35.6 Å². The Balaban J connectivity index is 1.51. The maximum absolute atomic E-state index is 14.2. The molecule has 3 unspecified atom stereocenters. The first kappa shape index (κ1) is 20.4. The van der Waals surface area contributed by atoms with Gasteiger partial charge >= 0.3 is 0 Å². The van der Waals surface area contributed by atoms with Crippen LogP contribution >= 0.6 is 11.8 Å². The first-order valence-corrected chi connectivity index (χ1v) is 12.7. The smallest absolute Gasteiger partial charge is 0.215 e. The number of halogens is 1. The molecule has 3 atom stereocenters. The number of hydrogen-bond donors (Lipinski definition) is 0. The summed E-state index contributed by atoms with van der Waals surface area (Å²) in [6.07, 6.45) is 2.73. The lowest BCUT2D eigenvalue weighted by Gasteiger charge is -2.37. The number of thioether (sulfide) groups is 1. The average Bonchev–Trinajstić information content (AvgIpc) is 2.89. The van der Waals surface area contributed by atoms with Gasteiger partial charge in [-0.3, -0.25) is 4.79 Å². The minimum Gasteiger partial charge on any atom is -0.299 e. The monoisotopic (exact) mass is 425 g/mol. The van der Waals surface area contributed by atoms with Crippen LogP contribution in [0, 0.1) is 22.6 Å². The summed E-state index contributed by atoms with van der Waals surface area (Å²) in [4.78, 5) is 12.7. The van der Waals surface area contributed by atoms with Gasteiger partial charge in [-0.2, -0.15) is 11.8 Å². The normalized spacial score (nSPS) is 33.2. The maximum Gasteiger partial charge on any atom is 0.215 e. The van der Waals surface area contributed by atoms with Crippen LogP contribution in [0.15, 0.2) is 24.3 Å². The maximum atomic E-state index is 14.2. The molecule has 7 heteroatoms. The van der Waals surface area contributed by atoms with Gasteiger partial charge in [0, 0.05) is 41.5 Å². The highest BCUT2D eigenvalue weighted by atomic mass is 32.2. The zero-order chi connectivity index (χ0) is 20.2. The molecule has 1 saturated heterocycles. The van der Waals surface area contributed by atoms with Crippen LogP contribution in [0.4, 0.5) is 4.39 Å². The van der Waals surface area contributed by atoms with Gasteiger partial charge in [-0.05, 0) is 36.7 Å². The minimum atomic E-state index is -3.55. The predicted octanol–water partition coefficient (Wildman–Crippen LogP) is 4.03. The Bertz CT molecular complexity index is 885.